The van der Waals surface area contributed by atoms with Crippen LogP contribution in [-0.2, 0) is 44.8 Å². The van der Waals surface area contributed by atoms with Crippen LogP contribution in [-0.4, -0.2) is 40.9 Å². The third-order valence-corrected chi connectivity index (χ3v) is 7.09. The number of nitrogens with zero attached hydrogens (tertiary/aromatic N) is 6. The minimum atomic E-state index is -4.67. The summed E-state index contributed by atoms with van der Waals surface area (Å²) >= 11 is 3.31. The molecule has 0 fully saturated rings. The molecule has 19 heteroatoms. The van der Waals surface area contributed by atoms with Gasteiger partial charge in [-0.1, -0.05) is 112 Å². The molecule has 0 aliphatic carbocycles. The fraction of sp³-hybridized carbons (Fsp3) is 0.293. The molecular formula is C41H50BrN9O8S. The molecule has 0 aliphatic rings. The van der Waals surface area contributed by atoms with E-state index in [4.69, 9.17) is 58.0 Å². The maximum Gasteiger partial charge on any atom is 0.407 e. The van der Waals surface area contributed by atoms with E-state index < -0.39 is 33.8 Å². The highest BCUT2D eigenvalue weighted by molar-refractivity contribution is 9.08. The molecule has 6 N–H and O–H groups in total. The zero-order valence-electron chi connectivity index (χ0n) is 34.0. The van der Waals surface area contributed by atoms with Crippen molar-refractivity contribution in [1.29, 1.82) is 0 Å². The van der Waals surface area contributed by atoms with E-state index in [-0.39, 0.29) is 7.97 Å². The first-order chi connectivity index (χ1) is 28.1. The number of hydrogen-bond donors (Lipinski definition) is 5. The number of hydrogen-bond acceptors (Lipinski definition) is 8. The van der Waals surface area contributed by atoms with Gasteiger partial charge >= 0.3 is 22.6 Å². The number of carbonyl (C=O) groups is 2. The molecule has 4 rings (SSSR count). The molecule has 0 spiro atoms. The van der Waals surface area contributed by atoms with Crippen LogP contribution in [0, 0.1) is 19.7 Å². The summed E-state index contributed by atoms with van der Waals surface area (Å²) in [6.45, 7) is 32.4. The Balaban J connectivity index is 0. The number of alkyl halides is 1. The standard InChI is InChI=1S/C13H16N2O2.C12H18N2O2.C8H6BrN.C8H6N4.H2O4S.H2/c1-13(2,3)17-12(16)15-9-10-7-5-6-8-11(10)14-4;1-12(2,3)16-11(15)14-8-9-6-4-5-7-10(9)13;1-10-8-5-3-2-4-7(8)6-9;1-10-8-5-3-2-4-7(8)6-11-12-9;1-5(2,3)4;/h5-8H,9H2,1-3H3,(H,15,16);4-7H,8,13H2,1-3H3,(H,14,15);2-5H,6H2;2-5H,6H2;(H2,1,2,3,4);1H. The van der Waals surface area contributed by atoms with E-state index in [2.05, 4.69) is 51.1 Å². The van der Waals surface area contributed by atoms with E-state index in [1.165, 1.54) is 0 Å². The van der Waals surface area contributed by atoms with E-state index in [0.717, 1.165) is 33.3 Å². The van der Waals surface area contributed by atoms with Crippen LogP contribution in [0.4, 0.5) is 32.3 Å². The number of anilines is 1. The molecule has 4 aromatic carbocycles. The molecule has 0 saturated heterocycles. The van der Waals surface area contributed by atoms with Crippen molar-refractivity contribution in [3.63, 3.8) is 0 Å². The number of halogens is 1. The van der Waals surface area contributed by atoms with Crippen LogP contribution >= 0.6 is 15.9 Å². The molecule has 4 aromatic rings. The van der Waals surface area contributed by atoms with Crippen molar-refractivity contribution in [2.24, 2.45) is 5.11 Å². The molecule has 0 saturated carbocycles. The van der Waals surface area contributed by atoms with Gasteiger partial charge in [-0.2, -0.15) is 8.42 Å². The number of azide groups is 1. The van der Waals surface area contributed by atoms with Crippen LogP contribution in [0.2, 0.25) is 0 Å². The first kappa shape index (κ1) is 53.4. The van der Waals surface area contributed by atoms with Gasteiger partial charge in [-0.05, 0) is 75.4 Å². The Kier molecular flexibility index (Phi) is 24.8. The van der Waals surface area contributed by atoms with Crippen molar-refractivity contribution in [2.45, 2.75) is 77.7 Å². The van der Waals surface area contributed by atoms with Gasteiger partial charge in [0.25, 0.3) is 0 Å². The quantitative estimate of drug-likeness (QED) is 0.0225. The third-order valence-electron chi connectivity index (χ3n) is 6.48. The summed E-state index contributed by atoms with van der Waals surface area (Å²) < 4.78 is 41.8. The van der Waals surface area contributed by atoms with Crippen LogP contribution < -0.4 is 16.4 Å². The highest BCUT2D eigenvalue weighted by atomic mass is 79.9. The van der Waals surface area contributed by atoms with Crippen LogP contribution in [0.5, 0.6) is 0 Å². The number of benzene rings is 4. The number of ether oxygens (including phenoxy) is 2. The Bertz CT molecular complexity index is 2270. The Hall–Kier alpha value is -6.65. The normalized spacial score (nSPS) is 9.97. The highest BCUT2D eigenvalue weighted by Crippen LogP contribution is 2.21. The number of nitrogen functional groups attached to an aromatic ring is 1. The third kappa shape index (κ3) is 27.1. The molecule has 0 heterocycles. The largest absolute Gasteiger partial charge is 0.444 e. The predicted molar refractivity (Wildman–Crippen MR) is 237 cm³/mol. The van der Waals surface area contributed by atoms with E-state index in [0.29, 0.717) is 30.2 Å². The number of nitrogens with one attached hydrogen (secondary N) is 2. The van der Waals surface area contributed by atoms with Crippen LogP contribution in [0.25, 0.3) is 25.0 Å². The van der Waals surface area contributed by atoms with Crippen molar-refractivity contribution in [3.05, 3.63) is 164 Å². The summed E-state index contributed by atoms with van der Waals surface area (Å²) in [6, 6.07) is 29.2. The number of nitrogens with two attached hydrogens (primary N) is 1. The van der Waals surface area contributed by atoms with Gasteiger partial charge in [-0.3, -0.25) is 9.11 Å². The molecule has 0 atom stereocenters. The summed E-state index contributed by atoms with van der Waals surface area (Å²) in [6.07, 6.45) is -0.909. The lowest BCUT2D eigenvalue weighted by Crippen LogP contribution is -2.32. The summed E-state index contributed by atoms with van der Waals surface area (Å²) in [7, 11) is -4.67. The first-order valence-electron chi connectivity index (χ1n) is 17.5. The number of amides is 2. The fourth-order valence-electron chi connectivity index (χ4n) is 4.02. The Labute approximate surface area is 361 Å². The van der Waals surface area contributed by atoms with Crippen LogP contribution in [0.3, 0.4) is 0 Å². The van der Waals surface area contributed by atoms with Crippen molar-refractivity contribution >= 4 is 61.3 Å². The van der Waals surface area contributed by atoms with Gasteiger partial charge in [-0.15, -0.1) is 0 Å². The van der Waals surface area contributed by atoms with Gasteiger partial charge in [0.05, 0.1) is 19.7 Å². The lowest BCUT2D eigenvalue weighted by molar-refractivity contribution is 0.0512. The Morgan fingerprint density at radius 1 is 0.700 bits per heavy atom. The molecule has 0 bridgehead atoms. The van der Waals surface area contributed by atoms with Crippen LogP contribution in [0.1, 0.15) is 65.2 Å². The lowest BCUT2D eigenvalue weighted by Gasteiger charge is -2.19. The van der Waals surface area contributed by atoms with Crippen LogP contribution in [0.15, 0.2) is 102 Å². The number of alkyl carbamates (subject to hydrolysis) is 2. The van der Waals surface area contributed by atoms with Crippen molar-refractivity contribution < 1.29 is 38.0 Å². The number of carbonyl (C=O) groups excluding carboxylic acids is 2. The molecule has 0 aromatic heterocycles. The monoisotopic (exact) mass is 907 g/mol. The maximum absolute atomic E-state index is 11.4. The van der Waals surface area contributed by atoms with Gasteiger partial charge < -0.3 is 25.8 Å². The first-order valence-corrected chi connectivity index (χ1v) is 20.0. The maximum atomic E-state index is 11.4. The SMILES string of the molecule is CC(C)(C)OC(=O)NCc1ccccc1N.O=S(=O)(O)O.[C-]#[N+]c1ccccc1CBr.[C-]#[N+]c1ccccc1CN=[N+]=[N-].[C-]#[N+]c1ccccc1CNC(=O)OC(C)(C)C.[HH]. The topological polar surface area (TPSA) is 239 Å². The molecule has 0 unspecified atom stereocenters. The zero-order chi connectivity index (χ0) is 45.8. The second kappa shape index (κ2) is 27.9. The summed E-state index contributed by atoms with van der Waals surface area (Å²) in [5, 5.41) is 9.42. The molecule has 0 radical (unpaired) electrons. The average molecular weight is 909 g/mol. The predicted octanol–water partition coefficient (Wildman–Crippen LogP) is 11.3. The van der Waals surface area contributed by atoms with Gasteiger partial charge in [0.15, 0.2) is 17.1 Å². The van der Waals surface area contributed by atoms with Crippen molar-refractivity contribution in [2.75, 3.05) is 5.73 Å². The molecule has 60 heavy (non-hydrogen) atoms. The van der Waals surface area contributed by atoms with E-state index in [1.807, 2.05) is 81.4 Å². The summed E-state index contributed by atoms with van der Waals surface area (Å²) in [5.41, 5.74) is 18.8. The molecule has 2 amide bonds. The van der Waals surface area contributed by atoms with Gasteiger partial charge in [0.1, 0.15) is 11.2 Å². The molecule has 17 nitrogen and oxygen atoms in total. The minimum Gasteiger partial charge on any atom is -0.444 e. The summed E-state index contributed by atoms with van der Waals surface area (Å²) in [5.74, 6) is 0. The summed E-state index contributed by atoms with van der Waals surface area (Å²) in [4.78, 5) is 35.5. The molecular weight excluding hydrogens is 858 g/mol. The number of para-hydroxylation sites is 4. The highest BCUT2D eigenvalue weighted by Gasteiger charge is 2.17. The Morgan fingerprint density at radius 2 is 1.03 bits per heavy atom. The zero-order valence-corrected chi connectivity index (χ0v) is 36.4. The van der Waals surface area contributed by atoms with Gasteiger partial charge in [-0.25, -0.2) is 24.1 Å². The fourth-order valence-corrected chi connectivity index (χ4v) is 4.50. The smallest absolute Gasteiger partial charge is 0.407 e. The van der Waals surface area contributed by atoms with Gasteiger partial charge in [0, 0.05) is 37.0 Å². The van der Waals surface area contributed by atoms with E-state index in [9.17, 15) is 9.59 Å². The molecule has 0 aliphatic heterocycles. The van der Waals surface area contributed by atoms with E-state index in [1.54, 1.807) is 57.2 Å². The second-order valence-corrected chi connectivity index (χ2v) is 15.1. The van der Waals surface area contributed by atoms with Crippen molar-refractivity contribution in [1.82, 2.24) is 10.6 Å². The second-order valence-electron chi connectivity index (χ2n) is 13.6. The number of rotatable bonds is 7. The van der Waals surface area contributed by atoms with Crippen molar-refractivity contribution in [3.8, 4) is 0 Å². The minimum absolute atomic E-state index is 0. The molecule has 320 valence electrons. The van der Waals surface area contributed by atoms with Gasteiger partial charge in [0.2, 0.25) is 0 Å². The lowest BCUT2D eigenvalue weighted by atomic mass is 10.2. The average Bonchev–Trinajstić information content (AvgIpc) is 3.18. The van der Waals surface area contributed by atoms with E-state index >= 15 is 0 Å². The Morgan fingerprint density at radius 3 is 1.40 bits per heavy atom.